The first-order chi connectivity index (χ1) is 16.8. The van der Waals surface area contributed by atoms with Crippen LogP contribution >= 0.6 is 0 Å². The van der Waals surface area contributed by atoms with Crippen LogP contribution in [0.3, 0.4) is 0 Å². The number of hydrogen-bond acceptors (Lipinski definition) is 5. The SMILES string of the molecule is CC(C)C(CNC(=O)OCC1c2ccccc2-c2ccccc21)C(=O)Nc1cn(C)nc1C(=O)O. The topological polar surface area (TPSA) is 123 Å². The van der Waals surface area contributed by atoms with Crippen molar-refractivity contribution in [2.75, 3.05) is 18.5 Å². The van der Waals surface area contributed by atoms with Crippen LogP contribution in [0.5, 0.6) is 0 Å². The van der Waals surface area contributed by atoms with Crippen molar-refractivity contribution in [1.29, 1.82) is 0 Å². The van der Waals surface area contributed by atoms with Gasteiger partial charge >= 0.3 is 12.1 Å². The quantitative estimate of drug-likeness (QED) is 0.454. The Hall–Kier alpha value is -4.14. The van der Waals surface area contributed by atoms with E-state index < -0.39 is 23.9 Å². The van der Waals surface area contributed by atoms with Crippen LogP contribution in [0, 0.1) is 11.8 Å². The average molecular weight is 477 g/mol. The van der Waals surface area contributed by atoms with Crippen LogP contribution in [-0.4, -0.2) is 46.0 Å². The Morgan fingerprint density at radius 3 is 2.23 bits per heavy atom. The fourth-order valence-electron chi connectivity index (χ4n) is 4.44. The Bertz CT molecular complexity index is 1220. The third kappa shape index (κ3) is 5.03. The number of carboxylic acids is 1. The van der Waals surface area contributed by atoms with Crippen molar-refractivity contribution in [3.05, 3.63) is 71.5 Å². The number of aromatic nitrogens is 2. The summed E-state index contributed by atoms with van der Waals surface area (Å²) in [6.45, 7) is 3.93. The maximum absolute atomic E-state index is 12.9. The van der Waals surface area contributed by atoms with E-state index in [2.05, 4.69) is 27.9 Å². The van der Waals surface area contributed by atoms with Crippen molar-refractivity contribution in [2.45, 2.75) is 19.8 Å². The van der Waals surface area contributed by atoms with Gasteiger partial charge in [0.05, 0.1) is 11.6 Å². The lowest BCUT2D eigenvalue weighted by Crippen LogP contribution is -2.39. The molecule has 0 radical (unpaired) electrons. The predicted octanol–water partition coefficient (Wildman–Crippen LogP) is 3.87. The molecule has 0 aliphatic heterocycles. The van der Waals surface area contributed by atoms with Gasteiger partial charge in [0.2, 0.25) is 5.91 Å². The van der Waals surface area contributed by atoms with E-state index in [1.54, 1.807) is 7.05 Å². The molecular weight excluding hydrogens is 448 g/mol. The van der Waals surface area contributed by atoms with Crippen LogP contribution in [0.15, 0.2) is 54.7 Å². The number of anilines is 1. The highest BCUT2D eigenvalue weighted by atomic mass is 16.5. The lowest BCUT2D eigenvalue weighted by atomic mass is 9.94. The minimum absolute atomic E-state index is 0.0445. The van der Waals surface area contributed by atoms with E-state index in [0.717, 1.165) is 22.3 Å². The molecule has 35 heavy (non-hydrogen) atoms. The zero-order valence-corrected chi connectivity index (χ0v) is 19.8. The van der Waals surface area contributed by atoms with E-state index in [9.17, 15) is 19.5 Å². The standard InChI is InChI=1S/C26H28N4O5/c1-15(2)20(24(31)28-22-13-30(3)29-23(22)25(32)33)12-27-26(34)35-14-21-18-10-6-4-8-16(18)17-9-5-7-11-19(17)21/h4-11,13,15,20-21H,12,14H2,1-3H3,(H,27,34)(H,28,31)(H,32,33). The van der Waals surface area contributed by atoms with Crippen molar-refractivity contribution in [2.24, 2.45) is 18.9 Å². The Morgan fingerprint density at radius 1 is 1.06 bits per heavy atom. The first kappa shape index (κ1) is 24.0. The largest absolute Gasteiger partial charge is 0.476 e. The molecule has 0 spiro atoms. The maximum Gasteiger partial charge on any atom is 0.407 e. The fourth-order valence-corrected chi connectivity index (χ4v) is 4.44. The Labute approximate surface area is 203 Å². The summed E-state index contributed by atoms with van der Waals surface area (Å²) in [4.78, 5) is 36.8. The van der Waals surface area contributed by atoms with Crippen LogP contribution in [-0.2, 0) is 16.6 Å². The van der Waals surface area contributed by atoms with Crippen LogP contribution in [0.2, 0.25) is 0 Å². The van der Waals surface area contributed by atoms with Crippen molar-refractivity contribution < 1.29 is 24.2 Å². The maximum atomic E-state index is 12.9. The number of carbonyl (C=O) groups is 3. The van der Waals surface area contributed by atoms with Crippen molar-refractivity contribution in [3.63, 3.8) is 0 Å². The molecule has 2 amide bonds. The van der Waals surface area contributed by atoms with E-state index in [-0.39, 0.29) is 36.4 Å². The van der Waals surface area contributed by atoms with E-state index in [1.165, 1.54) is 10.9 Å². The summed E-state index contributed by atoms with van der Waals surface area (Å²) >= 11 is 0. The highest BCUT2D eigenvalue weighted by Crippen LogP contribution is 2.44. The summed E-state index contributed by atoms with van der Waals surface area (Å²) in [7, 11) is 1.57. The second-order valence-corrected chi connectivity index (χ2v) is 8.92. The smallest absolute Gasteiger partial charge is 0.407 e. The van der Waals surface area contributed by atoms with Gasteiger partial charge in [-0.15, -0.1) is 0 Å². The summed E-state index contributed by atoms with van der Waals surface area (Å²) in [5.74, 6) is -2.42. The number of amides is 2. The summed E-state index contributed by atoms with van der Waals surface area (Å²) in [5, 5.41) is 18.4. The highest BCUT2D eigenvalue weighted by Gasteiger charge is 2.30. The number of rotatable bonds is 8. The number of carbonyl (C=O) groups excluding carboxylic acids is 2. The zero-order chi connectivity index (χ0) is 25.1. The zero-order valence-electron chi connectivity index (χ0n) is 19.8. The molecule has 2 aromatic carbocycles. The van der Waals surface area contributed by atoms with Crippen LogP contribution < -0.4 is 10.6 Å². The molecule has 3 aromatic rings. The molecule has 0 saturated carbocycles. The molecule has 1 aliphatic carbocycles. The van der Waals surface area contributed by atoms with Gasteiger partial charge < -0.3 is 20.5 Å². The number of aromatic carboxylic acids is 1. The first-order valence-electron chi connectivity index (χ1n) is 11.4. The van der Waals surface area contributed by atoms with E-state index >= 15 is 0 Å². The number of nitrogens with zero attached hydrogens (tertiary/aromatic N) is 2. The molecule has 1 unspecified atom stereocenters. The molecule has 0 bridgehead atoms. The monoisotopic (exact) mass is 476 g/mol. The van der Waals surface area contributed by atoms with Gasteiger partial charge in [-0.25, -0.2) is 9.59 Å². The molecule has 0 fully saturated rings. The third-order valence-corrected chi connectivity index (χ3v) is 6.24. The lowest BCUT2D eigenvalue weighted by Gasteiger charge is -2.21. The van der Waals surface area contributed by atoms with Gasteiger partial charge in [0.25, 0.3) is 0 Å². The molecule has 1 atom stereocenters. The molecule has 9 heteroatoms. The second kappa shape index (κ2) is 10.0. The normalized spacial score (nSPS) is 13.1. The van der Waals surface area contributed by atoms with E-state index in [4.69, 9.17) is 4.74 Å². The molecule has 9 nitrogen and oxygen atoms in total. The number of carboxylic acid groups (broad SMARTS) is 1. The summed E-state index contributed by atoms with van der Waals surface area (Å²) < 4.78 is 6.87. The molecule has 1 heterocycles. The molecule has 182 valence electrons. The van der Waals surface area contributed by atoms with Gasteiger partial charge in [0.15, 0.2) is 5.69 Å². The van der Waals surface area contributed by atoms with Gasteiger partial charge in [-0.1, -0.05) is 62.4 Å². The lowest BCUT2D eigenvalue weighted by molar-refractivity contribution is -0.120. The number of nitrogens with one attached hydrogen (secondary N) is 2. The van der Waals surface area contributed by atoms with Crippen molar-refractivity contribution in [1.82, 2.24) is 15.1 Å². The van der Waals surface area contributed by atoms with Crippen LogP contribution in [0.4, 0.5) is 10.5 Å². The Balaban J connectivity index is 1.37. The van der Waals surface area contributed by atoms with Gasteiger partial charge in [-0.2, -0.15) is 5.10 Å². The first-order valence-corrected chi connectivity index (χ1v) is 11.4. The van der Waals surface area contributed by atoms with Crippen LogP contribution in [0.25, 0.3) is 11.1 Å². The highest BCUT2D eigenvalue weighted by molar-refractivity contribution is 6.00. The number of benzene rings is 2. The summed E-state index contributed by atoms with van der Waals surface area (Å²) in [6.07, 6.45) is 0.815. The molecule has 3 N–H and O–H groups in total. The van der Waals surface area contributed by atoms with E-state index in [0.29, 0.717) is 0 Å². The van der Waals surface area contributed by atoms with Crippen molar-refractivity contribution in [3.8, 4) is 11.1 Å². The van der Waals surface area contributed by atoms with Crippen LogP contribution in [0.1, 0.15) is 41.4 Å². The van der Waals surface area contributed by atoms with Gasteiger partial charge in [0, 0.05) is 25.7 Å². The number of aryl methyl sites for hydroxylation is 1. The number of hydrogen-bond donors (Lipinski definition) is 3. The van der Waals surface area contributed by atoms with Gasteiger partial charge in [0.1, 0.15) is 6.61 Å². The Morgan fingerprint density at radius 2 is 1.66 bits per heavy atom. The summed E-state index contributed by atoms with van der Waals surface area (Å²) in [5.41, 5.74) is 4.39. The average Bonchev–Trinajstić information content (AvgIpc) is 3.35. The molecule has 0 saturated heterocycles. The minimum Gasteiger partial charge on any atom is -0.476 e. The molecular formula is C26H28N4O5. The molecule has 4 rings (SSSR count). The van der Waals surface area contributed by atoms with Crippen molar-refractivity contribution >= 4 is 23.7 Å². The molecule has 1 aromatic heterocycles. The van der Waals surface area contributed by atoms with E-state index in [1.807, 2.05) is 50.2 Å². The number of ether oxygens (including phenoxy) is 1. The second-order valence-electron chi connectivity index (χ2n) is 8.92. The number of alkyl carbamates (subject to hydrolysis) is 1. The Kier molecular flexibility index (Phi) is 6.86. The summed E-state index contributed by atoms with van der Waals surface area (Å²) in [6, 6.07) is 16.2. The third-order valence-electron chi connectivity index (χ3n) is 6.24. The molecule has 1 aliphatic rings. The predicted molar refractivity (Wildman–Crippen MR) is 130 cm³/mol. The van der Waals surface area contributed by atoms with Gasteiger partial charge in [-0.05, 0) is 28.2 Å². The number of fused-ring (bicyclic) bond motifs is 3. The van der Waals surface area contributed by atoms with Gasteiger partial charge in [-0.3, -0.25) is 9.48 Å². The minimum atomic E-state index is -1.24. The fraction of sp³-hybridized carbons (Fsp3) is 0.308.